The summed E-state index contributed by atoms with van der Waals surface area (Å²) in [6.07, 6.45) is 7.55. The zero-order valence-corrected chi connectivity index (χ0v) is 13.0. The van der Waals surface area contributed by atoms with Crippen molar-refractivity contribution >= 4 is 11.9 Å². The number of hydrogen-bond donors (Lipinski definition) is 2. The number of aliphatic carboxylic acids is 2. The van der Waals surface area contributed by atoms with E-state index in [1.807, 2.05) is 0 Å². The first-order chi connectivity index (χ1) is 10.6. The molecule has 4 atom stereocenters. The monoisotopic (exact) mass is 310 g/mol. The van der Waals surface area contributed by atoms with Crippen LogP contribution in [-0.4, -0.2) is 69.2 Å². The Morgan fingerprint density at radius 2 is 1.09 bits per heavy atom. The van der Waals surface area contributed by atoms with Crippen LogP contribution in [-0.2, 0) is 9.59 Å². The number of carbonyl (C=O) groups is 2. The second kappa shape index (κ2) is 6.54. The summed E-state index contributed by atoms with van der Waals surface area (Å²) < 4.78 is 0. The van der Waals surface area contributed by atoms with Gasteiger partial charge in [-0.2, -0.15) is 0 Å². The van der Waals surface area contributed by atoms with E-state index in [-0.39, 0.29) is 24.2 Å². The van der Waals surface area contributed by atoms with E-state index in [4.69, 9.17) is 0 Å². The first-order valence-electron chi connectivity index (χ1n) is 8.56. The van der Waals surface area contributed by atoms with Crippen molar-refractivity contribution in [2.24, 2.45) is 0 Å². The standard InChI is InChI=1S/C16H26N2O4/c19-15(20)13-7-3-9-17(13)11-5-1-2-6-12(11)18-10-4-8-14(18)16(21)22/h11-14H,1-10H2,(H,19,20)(H,21,22). The predicted octanol–water partition coefficient (Wildman–Crippen LogP) is 1.40. The summed E-state index contributed by atoms with van der Waals surface area (Å²) in [6.45, 7) is 1.67. The van der Waals surface area contributed by atoms with Crippen LogP contribution in [0.1, 0.15) is 51.4 Å². The van der Waals surface area contributed by atoms with Gasteiger partial charge in [0.05, 0.1) is 0 Å². The fourth-order valence-corrected chi connectivity index (χ4v) is 4.77. The quantitative estimate of drug-likeness (QED) is 0.817. The zero-order valence-electron chi connectivity index (χ0n) is 13.0. The minimum atomic E-state index is -0.724. The second-order valence-corrected chi connectivity index (χ2v) is 6.89. The second-order valence-electron chi connectivity index (χ2n) is 6.89. The van der Waals surface area contributed by atoms with Gasteiger partial charge in [-0.3, -0.25) is 19.4 Å². The first kappa shape index (κ1) is 15.7. The molecule has 1 saturated carbocycles. The lowest BCUT2D eigenvalue weighted by Gasteiger charge is -2.45. The molecule has 1 aliphatic carbocycles. The van der Waals surface area contributed by atoms with E-state index in [1.54, 1.807) is 0 Å². The Morgan fingerprint density at radius 3 is 1.45 bits per heavy atom. The number of likely N-dealkylation sites (tertiary alicyclic amines) is 2. The summed E-state index contributed by atoms with van der Waals surface area (Å²) in [5.74, 6) is -1.45. The maximum Gasteiger partial charge on any atom is 0.320 e. The van der Waals surface area contributed by atoms with E-state index in [2.05, 4.69) is 9.80 Å². The van der Waals surface area contributed by atoms with Crippen LogP contribution in [0.25, 0.3) is 0 Å². The molecule has 0 spiro atoms. The maximum atomic E-state index is 11.5. The van der Waals surface area contributed by atoms with E-state index in [1.165, 1.54) is 0 Å². The Hall–Kier alpha value is -1.14. The van der Waals surface area contributed by atoms with Gasteiger partial charge in [0.15, 0.2) is 0 Å². The van der Waals surface area contributed by atoms with E-state index >= 15 is 0 Å². The van der Waals surface area contributed by atoms with Gasteiger partial charge in [0.2, 0.25) is 0 Å². The molecule has 124 valence electrons. The van der Waals surface area contributed by atoms with Crippen molar-refractivity contribution in [3.63, 3.8) is 0 Å². The highest BCUT2D eigenvalue weighted by Crippen LogP contribution is 2.35. The summed E-state index contributed by atoms with van der Waals surface area (Å²) >= 11 is 0. The summed E-state index contributed by atoms with van der Waals surface area (Å²) in [7, 11) is 0. The van der Waals surface area contributed by atoms with Crippen LogP contribution >= 0.6 is 0 Å². The highest BCUT2D eigenvalue weighted by atomic mass is 16.4. The highest BCUT2D eigenvalue weighted by molar-refractivity contribution is 5.74. The summed E-state index contributed by atoms with van der Waals surface area (Å²) in [5.41, 5.74) is 0. The van der Waals surface area contributed by atoms with E-state index in [0.29, 0.717) is 0 Å². The van der Waals surface area contributed by atoms with Gasteiger partial charge >= 0.3 is 11.9 Å². The van der Waals surface area contributed by atoms with Crippen LogP contribution in [0.4, 0.5) is 0 Å². The number of nitrogens with zero attached hydrogens (tertiary/aromatic N) is 2. The van der Waals surface area contributed by atoms with Crippen LogP contribution in [0.2, 0.25) is 0 Å². The molecule has 3 aliphatic rings. The van der Waals surface area contributed by atoms with Gasteiger partial charge in [0.1, 0.15) is 12.1 Å². The van der Waals surface area contributed by atoms with Gasteiger partial charge in [0.25, 0.3) is 0 Å². The lowest BCUT2D eigenvalue weighted by molar-refractivity contribution is -0.147. The fraction of sp³-hybridized carbons (Fsp3) is 0.875. The molecule has 6 heteroatoms. The van der Waals surface area contributed by atoms with Crippen LogP contribution in [0.5, 0.6) is 0 Å². The average molecular weight is 310 g/mol. The third-order valence-electron chi connectivity index (χ3n) is 5.70. The van der Waals surface area contributed by atoms with Crippen LogP contribution in [0.15, 0.2) is 0 Å². The molecule has 22 heavy (non-hydrogen) atoms. The molecule has 2 heterocycles. The fourth-order valence-electron chi connectivity index (χ4n) is 4.77. The minimum Gasteiger partial charge on any atom is -0.480 e. The summed E-state index contributed by atoms with van der Waals surface area (Å²) in [6, 6.07) is -0.345. The van der Waals surface area contributed by atoms with Crippen molar-refractivity contribution in [2.75, 3.05) is 13.1 Å². The van der Waals surface area contributed by atoms with Crippen molar-refractivity contribution < 1.29 is 19.8 Å². The molecule has 0 aromatic carbocycles. The lowest BCUT2D eigenvalue weighted by Crippen LogP contribution is -2.57. The smallest absolute Gasteiger partial charge is 0.320 e. The minimum absolute atomic E-state index is 0.206. The maximum absolute atomic E-state index is 11.5. The summed E-state index contributed by atoms with van der Waals surface area (Å²) in [5, 5.41) is 18.9. The Bertz CT molecular complexity index is 402. The molecule has 2 saturated heterocycles. The molecule has 0 aromatic rings. The normalized spacial score (nSPS) is 37.5. The van der Waals surface area contributed by atoms with Crippen molar-refractivity contribution in [3.8, 4) is 0 Å². The lowest BCUT2D eigenvalue weighted by atomic mass is 9.87. The molecule has 3 rings (SSSR count). The Morgan fingerprint density at radius 1 is 0.682 bits per heavy atom. The number of rotatable bonds is 4. The SMILES string of the molecule is O=C(O)C1CCCN1C1CCCCC1N1CCCC1C(=O)O. The van der Waals surface area contributed by atoms with Crippen molar-refractivity contribution in [1.82, 2.24) is 9.80 Å². The molecule has 0 aromatic heterocycles. The first-order valence-corrected chi connectivity index (χ1v) is 8.56. The average Bonchev–Trinajstić information content (AvgIpc) is 3.16. The van der Waals surface area contributed by atoms with Gasteiger partial charge in [-0.1, -0.05) is 12.8 Å². The van der Waals surface area contributed by atoms with Crippen LogP contribution in [0.3, 0.4) is 0 Å². The third kappa shape index (κ3) is 2.86. The molecule has 0 amide bonds. The largest absolute Gasteiger partial charge is 0.480 e. The van der Waals surface area contributed by atoms with E-state index in [9.17, 15) is 19.8 Å². The van der Waals surface area contributed by atoms with Gasteiger partial charge < -0.3 is 10.2 Å². The summed E-state index contributed by atoms with van der Waals surface area (Å²) in [4.78, 5) is 27.3. The molecule has 4 unspecified atom stereocenters. The van der Waals surface area contributed by atoms with Gasteiger partial charge in [0, 0.05) is 12.1 Å². The van der Waals surface area contributed by atoms with E-state index in [0.717, 1.165) is 64.5 Å². The number of carboxylic acids is 2. The molecule has 0 bridgehead atoms. The third-order valence-corrected chi connectivity index (χ3v) is 5.70. The van der Waals surface area contributed by atoms with E-state index < -0.39 is 11.9 Å². The van der Waals surface area contributed by atoms with Crippen LogP contribution in [0, 0.1) is 0 Å². The molecular formula is C16H26N2O4. The van der Waals surface area contributed by atoms with Gasteiger partial charge in [-0.25, -0.2) is 0 Å². The molecule has 3 fully saturated rings. The Labute approximate surface area is 131 Å². The molecule has 2 aliphatic heterocycles. The predicted molar refractivity (Wildman–Crippen MR) is 80.8 cm³/mol. The zero-order chi connectivity index (χ0) is 15.7. The highest BCUT2D eigenvalue weighted by Gasteiger charge is 2.45. The molecule has 0 radical (unpaired) electrons. The number of carboxylic acid groups (broad SMARTS) is 2. The van der Waals surface area contributed by atoms with Gasteiger partial charge in [-0.15, -0.1) is 0 Å². The Balaban J connectivity index is 1.79. The Kier molecular flexibility index (Phi) is 4.68. The van der Waals surface area contributed by atoms with Gasteiger partial charge in [-0.05, 0) is 51.6 Å². The molecular weight excluding hydrogens is 284 g/mol. The van der Waals surface area contributed by atoms with Crippen LogP contribution < -0.4 is 0 Å². The number of hydrogen-bond acceptors (Lipinski definition) is 4. The van der Waals surface area contributed by atoms with Crippen molar-refractivity contribution in [3.05, 3.63) is 0 Å². The topological polar surface area (TPSA) is 81.1 Å². The molecule has 2 N–H and O–H groups in total. The molecule has 6 nitrogen and oxygen atoms in total. The van der Waals surface area contributed by atoms with Crippen molar-refractivity contribution in [2.45, 2.75) is 75.5 Å². The van der Waals surface area contributed by atoms with Crippen molar-refractivity contribution in [1.29, 1.82) is 0 Å².